The molecule has 20 rings (SSSR count). The van der Waals surface area contributed by atoms with Crippen molar-refractivity contribution in [2.24, 2.45) is 0 Å². The summed E-state index contributed by atoms with van der Waals surface area (Å²) < 4.78 is 0. The molecule has 20 aromatic rings. The molecule has 0 amide bonds. The average Bonchev–Trinajstić information content (AvgIpc) is 0.737. The first-order chi connectivity index (χ1) is 59.6. The van der Waals surface area contributed by atoms with Crippen molar-refractivity contribution in [3.8, 4) is 66.8 Å². The van der Waals surface area contributed by atoms with E-state index in [1.807, 2.05) is 0 Å². The lowest BCUT2D eigenvalue weighted by Crippen LogP contribution is -2.10. The number of hydrogen-bond acceptors (Lipinski definition) is 4. The fourth-order valence-electron chi connectivity index (χ4n) is 17.4. The Bertz CT molecular complexity index is 6750. The smallest absolute Gasteiger partial charge is 0.0462 e. The van der Waals surface area contributed by atoms with Gasteiger partial charge in [0, 0.05) is 68.2 Å². The highest BCUT2D eigenvalue weighted by Gasteiger charge is 2.24. The molecule has 0 saturated heterocycles. The van der Waals surface area contributed by atoms with Crippen LogP contribution in [0, 0.1) is 6.92 Å². The maximum absolute atomic E-state index is 2.34. The van der Waals surface area contributed by atoms with Gasteiger partial charge in [-0.25, -0.2) is 0 Å². The van der Waals surface area contributed by atoms with Crippen molar-refractivity contribution in [3.05, 3.63) is 484 Å². The zero-order chi connectivity index (χ0) is 81.6. The Balaban J connectivity index is 0.000000160. The molecular formula is C117H90N4. The third-order valence-electron chi connectivity index (χ3n) is 23.3. The van der Waals surface area contributed by atoms with E-state index >= 15 is 0 Å². The lowest BCUT2D eigenvalue weighted by atomic mass is 9.83. The van der Waals surface area contributed by atoms with Crippen molar-refractivity contribution in [1.29, 1.82) is 0 Å². The number of nitrogens with zero attached hydrogens (tertiary/aromatic N) is 4. The minimum absolute atomic E-state index is 0.0980. The zero-order valence-corrected chi connectivity index (χ0v) is 68.3. The molecule has 0 aliphatic heterocycles. The fraction of sp³-hybridized carbons (Fsp3) is 0.0427. The van der Waals surface area contributed by atoms with Gasteiger partial charge in [-0.1, -0.05) is 354 Å². The Morgan fingerprint density at radius 3 is 0.455 bits per heavy atom. The van der Waals surface area contributed by atoms with E-state index in [0.29, 0.717) is 0 Å². The Labute approximate surface area is 710 Å². The van der Waals surface area contributed by atoms with Gasteiger partial charge in [0.1, 0.15) is 0 Å². The highest BCUT2D eigenvalue weighted by atomic mass is 15.2. The van der Waals surface area contributed by atoms with Gasteiger partial charge in [0.25, 0.3) is 0 Å². The second kappa shape index (κ2) is 33.7. The summed E-state index contributed by atoms with van der Waals surface area (Å²) >= 11 is 0. The van der Waals surface area contributed by atoms with Gasteiger partial charge >= 0.3 is 0 Å². The molecule has 0 aliphatic carbocycles. The van der Waals surface area contributed by atoms with Crippen LogP contribution >= 0.6 is 0 Å². The van der Waals surface area contributed by atoms with Gasteiger partial charge in [0.2, 0.25) is 0 Å². The molecule has 0 heterocycles. The Hall–Kier alpha value is -15.4. The zero-order valence-electron chi connectivity index (χ0n) is 68.3. The van der Waals surface area contributed by atoms with Crippen molar-refractivity contribution in [2.45, 2.75) is 33.1 Å². The standard InChI is InChI=1S/C60H48N2.C57H42N2/c1-60(2,3)47-35-27-45(28-36-47)58-54-23-13-15-25-56(54)59(57-26-16-14-24-55(57)58)46-33-41-53(42-34-46)62(50-21-11-6-12-22-50)52-39-31-44(32-40-52)43-29-37-51(38-30-43)61(48-17-7-4-8-18-48)49-19-9-5-10-20-49;1-41-25-27-44(28-26-41)56-52-21-11-13-23-54(52)57(55-24-14-12-22-53(55)56)45-33-39-51(40-34-45)59(48-19-9-4-10-20-48)50-37-31-43(32-38-50)42-29-35-49(36-30-42)58(46-15-5-2-6-16-46)47-17-7-3-8-18-47/h4-42H,1-3H3;2-40H,1H3. The molecular weight excluding hydrogens is 1460 g/mol. The number of anilines is 12. The average molecular weight is 1550 g/mol. The molecule has 0 aliphatic rings. The Morgan fingerprint density at radius 2 is 0.281 bits per heavy atom. The summed E-state index contributed by atoms with van der Waals surface area (Å²) in [5.41, 5.74) is 30.7. The number of rotatable bonds is 18. The molecule has 4 heteroatoms. The summed E-state index contributed by atoms with van der Waals surface area (Å²) in [5.74, 6) is 0. The van der Waals surface area contributed by atoms with Crippen LogP contribution in [0.1, 0.15) is 31.9 Å². The first-order valence-corrected chi connectivity index (χ1v) is 41.8. The summed E-state index contributed by atoms with van der Waals surface area (Å²) in [6.45, 7) is 8.97. The van der Waals surface area contributed by atoms with E-state index in [-0.39, 0.29) is 5.41 Å². The van der Waals surface area contributed by atoms with Crippen LogP contribution in [-0.4, -0.2) is 0 Å². The van der Waals surface area contributed by atoms with Gasteiger partial charge in [-0.05, 0) is 273 Å². The molecule has 4 nitrogen and oxygen atoms in total. The van der Waals surface area contributed by atoms with Gasteiger partial charge in [-0.2, -0.15) is 0 Å². The van der Waals surface area contributed by atoms with Crippen LogP contribution in [-0.2, 0) is 5.41 Å². The quantitative estimate of drug-likeness (QED) is 0.0794. The third-order valence-corrected chi connectivity index (χ3v) is 23.3. The highest BCUT2D eigenvalue weighted by molar-refractivity contribution is 6.23. The van der Waals surface area contributed by atoms with E-state index < -0.39 is 0 Å². The molecule has 0 radical (unpaired) electrons. The van der Waals surface area contributed by atoms with Crippen LogP contribution in [0.2, 0.25) is 0 Å². The molecule has 0 saturated carbocycles. The second-order valence-electron chi connectivity index (χ2n) is 32.0. The maximum atomic E-state index is 2.34. The van der Waals surface area contributed by atoms with Gasteiger partial charge in [-0.3, -0.25) is 0 Å². The van der Waals surface area contributed by atoms with Crippen LogP contribution in [0.3, 0.4) is 0 Å². The number of hydrogen-bond donors (Lipinski definition) is 0. The molecule has 0 aromatic heterocycles. The monoisotopic (exact) mass is 1550 g/mol. The summed E-state index contributed by atoms with van der Waals surface area (Å²) in [6.07, 6.45) is 0. The van der Waals surface area contributed by atoms with Gasteiger partial charge in [0.05, 0.1) is 0 Å². The van der Waals surface area contributed by atoms with Crippen LogP contribution in [0.15, 0.2) is 473 Å². The molecule has 0 N–H and O–H groups in total. The summed E-state index contributed by atoms with van der Waals surface area (Å²) in [4.78, 5) is 9.27. The van der Waals surface area contributed by atoms with Gasteiger partial charge < -0.3 is 19.6 Å². The summed E-state index contributed by atoms with van der Waals surface area (Å²) in [6, 6.07) is 171. The molecule has 0 fully saturated rings. The third kappa shape index (κ3) is 15.5. The van der Waals surface area contributed by atoms with Crippen molar-refractivity contribution >= 4 is 111 Å². The van der Waals surface area contributed by atoms with Gasteiger partial charge in [-0.15, -0.1) is 0 Å². The first kappa shape index (κ1) is 75.7. The van der Waals surface area contributed by atoms with Crippen molar-refractivity contribution < 1.29 is 0 Å². The van der Waals surface area contributed by atoms with E-state index in [9.17, 15) is 0 Å². The van der Waals surface area contributed by atoms with Crippen LogP contribution < -0.4 is 19.6 Å². The fourth-order valence-corrected chi connectivity index (χ4v) is 17.4. The first-order valence-electron chi connectivity index (χ1n) is 41.8. The number of para-hydroxylation sites is 6. The highest BCUT2D eigenvalue weighted by Crippen LogP contribution is 2.49. The van der Waals surface area contributed by atoms with Gasteiger partial charge in [0.15, 0.2) is 0 Å². The minimum Gasteiger partial charge on any atom is -0.311 e. The van der Waals surface area contributed by atoms with Crippen molar-refractivity contribution in [2.75, 3.05) is 19.6 Å². The number of aryl methyl sites for hydroxylation is 1. The maximum Gasteiger partial charge on any atom is 0.0462 e. The second-order valence-corrected chi connectivity index (χ2v) is 32.0. The normalized spacial score (nSPS) is 11.3. The molecule has 0 atom stereocenters. The predicted octanol–water partition coefficient (Wildman–Crippen LogP) is 33.5. The predicted molar refractivity (Wildman–Crippen MR) is 518 cm³/mol. The molecule has 20 aromatic carbocycles. The lowest BCUT2D eigenvalue weighted by Gasteiger charge is -2.26. The van der Waals surface area contributed by atoms with E-state index in [0.717, 1.165) is 68.2 Å². The largest absolute Gasteiger partial charge is 0.311 e. The Morgan fingerprint density at radius 1 is 0.140 bits per heavy atom. The van der Waals surface area contributed by atoms with E-state index in [1.54, 1.807) is 0 Å². The number of benzene rings is 20. The van der Waals surface area contributed by atoms with E-state index in [1.165, 1.54) is 121 Å². The topological polar surface area (TPSA) is 13.0 Å². The summed E-state index contributed by atoms with van der Waals surface area (Å²) in [5, 5.41) is 10.1. The SMILES string of the molecule is CC(C)(C)c1ccc(-c2c3ccccc3c(-c3ccc(N(c4ccccc4)c4ccc(-c5ccc(N(c6ccccc6)c6ccccc6)cc5)cc4)cc3)c3ccccc23)cc1.Cc1ccc(-c2c3ccccc3c(-c3ccc(N(c4ccccc4)c4ccc(-c5ccc(N(c6ccccc6)c6ccccc6)cc5)cc4)cc3)c3ccccc23)cc1. The molecule has 0 unspecified atom stereocenters. The van der Waals surface area contributed by atoms with E-state index in [4.69, 9.17) is 0 Å². The van der Waals surface area contributed by atoms with Crippen LogP contribution in [0.5, 0.6) is 0 Å². The molecule has 121 heavy (non-hydrogen) atoms. The molecule has 0 bridgehead atoms. The Kier molecular flexibility index (Phi) is 21.1. The van der Waals surface area contributed by atoms with Crippen molar-refractivity contribution in [1.82, 2.24) is 0 Å². The van der Waals surface area contributed by atoms with Crippen LogP contribution in [0.25, 0.3) is 110 Å². The van der Waals surface area contributed by atoms with E-state index in [2.05, 4.69) is 520 Å². The molecule has 0 spiro atoms. The van der Waals surface area contributed by atoms with Crippen molar-refractivity contribution in [3.63, 3.8) is 0 Å². The lowest BCUT2D eigenvalue weighted by molar-refractivity contribution is 0.590. The van der Waals surface area contributed by atoms with Crippen LogP contribution in [0.4, 0.5) is 68.2 Å². The molecule has 578 valence electrons. The minimum atomic E-state index is 0.0980. The summed E-state index contributed by atoms with van der Waals surface area (Å²) in [7, 11) is 0. The number of fused-ring (bicyclic) bond motifs is 4.